The van der Waals surface area contributed by atoms with E-state index in [4.69, 9.17) is 0 Å². The van der Waals surface area contributed by atoms with Gasteiger partial charge in [0.15, 0.2) is 0 Å². The van der Waals surface area contributed by atoms with Gasteiger partial charge < -0.3 is 0 Å². The van der Waals surface area contributed by atoms with Crippen LogP contribution in [0.2, 0.25) is 0 Å². The summed E-state index contributed by atoms with van der Waals surface area (Å²) >= 11 is 0. The number of benzene rings is 2. The van der Waals surface area contributed by atoms with Crippen molar-refractivity contribution in [3.05, 3.63) is 59.2 Å². The average molecular weight is 304 g/mol. The van der Waals surface area contributed by atoms with Crippen LogP contribution in [0.5, 0.6) is 0 Å². The van der Waals surface area contributed by atoms with Gasteiger partial charge in [0.25, 0.3) is 0 Å². The molecule has 0 nitrogen and oxygen atoms in total. The van der Waals surface area contributed by atoms with Gasteiger partial charge >= 0.3 is 6.18 Å². The number of alkyl halides is 3. The Balaban J connectivity index is 1.94. The summed E-state index contributed by atoms with van der Waals surface area (Å²) in [5.74, 6) is -1.24. The topological polar surface area (TPSA) is 0 Å². The summed E-state index contributed by atoms with van der Waals surface area (Å²) in [5, 5.41) is 0. The van der Waals surface area contributed by atoms with Crippen LogP contribution in [-0.2, 0) is 12.8 Å². The quantitative estimate of drug-likeness (QED) is 0.573. The zero-order chi connectivity index (χ0) is 15.7. The number of halogens is 3. The SMILES string of the molecule is CCCC(Cc1cccc2c1Cc1ccccc1-2)C(F)(F)F. The summed E-state index contributed by atoms with van der Waals surface area (Å²) in [4.78, 5) is 0. The molecule has 0 saturated carbocycles. The van der Waals surface area contributed by atoms with Crippen molar-refractivity contribution in [2.75, 3.05) is 0 Å². The van der Waals surface area contributed by atoms with Gasteiger partial charge in [0.05, 0.1) is 5.92 Å². The average Bonchev–Trinajstić information content (AvgIpc) is 2.85. The third kappa shape index (κ3) is 2.77. The van der Waals surface area contributed by atoms with Gasteiger partial charge in [-0.15, -0.1) is 0 Å². The predicted molar refractivity (Wildman–Crippen MR) is 82.8 cm³/mol. The Kier molecular flexibility index (Phi) is 3.98. The van der Waals surface area contributed by atoms with Crippen molar-refractivity contribution in [2.24, 2.45) is 5.92 Å². The van der Waals surface area contributed by atoms with Crippen LogP contribution < -0.4 is 0 Å². The van der Waals surface area contributed by atoms with Crippen molar-refractivity contribution in [3.8, 4) is 11.1 Å². The van der Waals surface area contributed by atoms with E-state index < -0.39 is 12.1 Å². The molecule has 0 aliphatic heterocycles. The third-order valence-corrected chi connectivity index (χ3v) is 4.51. The van der Waals surface area contributed by atoms with Crippen molar-refractivity contribution >= 4 is 0 Å². The molecule has 0 spiro atoms. The highest BCUT2D eigenvalue weighted by molar-refractivity contribution is 5.77. The molecule has 22 heavy (non-hydrogen) atoms. The molecule has 0 amide bonds. The lowest BCUT2D eigenvalue weighted by molar-refractivity contribution is -0.176. The summed E-state index contributed by atoms with van der Waals surface area (Å²) in [6, 6.07) is 13.8. The Morgan fingerprint density at radius 3 is 2.45 bits per heavy atom. The van der Waals surface area contributed by atoms with Gasteiger partial charge in [-0.05, 0) is 47.1 Å². The first-order valence-corrected chi connectivity index (χ1v) is 7.76. The minimum absolute atomic E-state index is 0.0918. The summed E-state index contributed by atoms with van der Waals surface area (Å²) in [6.45, 7) is 1.81. The second-order valence-electron chi connectivity index (χ2n) is 6.01. The first-order valence-electron chi connectivity index (χ1n) is 7.76. The molecule has 1 unspecified atom stereocenters. The fraction of sp³-hybridized carbons (Fsp3) is 0.368. The highest BCUT2D eigenvalue weighted by Crippen LogP contribution is 2.40. The third-order valence-electron chi connectivity index (χ3n) is 4.51. The molecule has 116 valence electrons. The summed E-state index contributed by atoms with van der Waals surface area (Å²) in [5.41, 5.74) is 5.41. The molecule has 0 aromatic heterocycles. The van der Waals surface area contributed by atoms with Crippen molar-refractivity contribution in [1.29, 1.82) is 0 Å². The summed E-state index contributed by atoms with van der Waals surface area (Å²) in [7, 11) is 0. The number of hydrogen-bond donors (Lipinski definition) is 0. The van der Waals surface area contributed by atoms with E-state index in [2.05, 4.69) is 12.1 Å². The predicted octanol–water partition coefficient (Wildman–Crippen LogP) is 5.78. The molecule has 0 N–H and O–H groups in total. The molecule has 3 rings (SSSR count). The van der Waals surface area contributed by atoms with Crippen molar-refractivity contribution in [2.45, 2.75) is 38.8 Å². The molecular weight excluding hydrogens is 285 g/mol. The lowest BCUT2D eigenvalue weighted by Crippen LogP contribution is -2.25. The Bertz CT molecular complexity index is 671. The highest BCUT2D eigenvalue weighted by atomic mass is 19.4. The smallest absolute Gasteiger partial charge is 0.171 e. The van der Waals surface area contributed by atoms with E-state index >= 15 is 0 Å². The van der Waals surface area contributed by atoms with E-state index in [0.717, 1.165) is 23.1 Å². The van der Waals surface area contributed by atoms with Gasteiger partial charge in [0.1, 0.15) is 0 Å². The Hall–Kier alpha value is -1.77. The molecule has 2 aromatic carbocycles. The molecule has 0 fully saturated rings. The largest absolute Gasteiger partial charge is 0.392 e. The molecule has 1 atom stereocenters. The monoisotopic (exact) mass is 304 g/mol. The zero-order valence-corrected chi connectivity index (χ0v) is 12.6. The lowest BCUT2D eigenvalue weighted by Gasteiger charge is -2.21. The first-order chi connectivity index (χ1) is 10.5. The first kappa shape index (κ1) is 15.1. The second-order valence-corrected chi connectivity index (χ2v) is 6.01. The fourth-order valence-corrected chi connectivity index (χ4v) is 3.41. The van der Waals surface area contributed by atoms with Crippen molar-refractivity contribution in [3.63, 3.8) is 0 Å². The molecule has 0 saturated heterocycles. The number of fused-ring (bicyclic) bond motifs is 3. The normalized spacial score (nSPS) is 14.5. The van der Waals surface area contributed by atoms with Gasteiger partial charge in [-0.2, -0.15) is 13.2 Å². The van der Waals surface area contributed by atoms with Crippen molar-refractivity contribution in [1.82, 2.24) is 0 Å². The van der Waals surface area contributed by atoms with Crippen molar-refractivity contribution < 1.29 is 13.2 Å². The van der Waals surface area contributed by atoms with Crippen LogP contribution in [0.4, 0.5) is 13.2 Å². The lowest BCUT2D eigenvalue weighted by atomic mass is 9.90. The second kappa shape index (κ2) is 5.79. The summed E-state index contributed by atoms with van der Waals surface area (Å²) in [6.07, 6.45) is -2.53. The van der Waals surface area contributed by atoms with E-state index in [1.165, 1.54) is 11.1 Å². The number of hydrogen-bond acceptors (Lipinski definition) is 0. The van der Waals surface area contributed by atoms with Gasteiger partial charge in [-0.25, -0.2) is 0 Å². The maximum Gasteiger partial charge on any atom is 0.392 e. The molecule has 1 aliphatic carbocycles. The van der Waals surface area contributed by atoms with Crippen LogP contribution in [-0.4, -0.2) is 6.18 Å². The van der Waals surface area contributed by atoms with E-state index in [-0.39, 0.29) is 12.8 Å². The van der Waals surface area contributed by atoms with Crippen LogP contribution >= 0.6 is 0 Å². The Morgan fingerprint density at radius 1 is 1.00 bits per heavy atom. The van der Waals surface area contributed by atoms with Gasteiger partial charge in [-0.1, -0.05) is 55.8 Å². The van der Waals surface area contributed by atoms with Crippen LogP contribution in [0.1, 0.15) is 36.5 Å². The van der Waals surface area contributed by atoms with Gasteiger partial charge in [-0.3, -0.25) is 0 Å². The molecule has 0 bridgehead atoms. The maximum absolute atomic E-state index is 13.2. The zero-order valence-electron chi connectivity index (χ0n) is 12.6. The van der Waals surface area contributed by atoms with Crippen LogP contribution in [0, 0.1) is 5.92 Å². The molecule has 2 aromatic rings. The highest BCUT2D eigenvalue weighted by Gasteiger charge is 2.39. The van der Waals surface area contributed by atoms with E-state index in [1.807, 2.05) is 37.3 Å². The molecule has 0 radical (unpaired) electrons. The minimum atomic E-state index is -4.12. The molecule has 3 heteroatoms. The molecule has 0 heterocycles. The van der Waals surface area contributed by atoms with E-state index in [9.17, 15) is 13.2 Å². The minimum Gasteiger partial charge on any atom is -0.171 e. The van der Waals surface area contributed by atoms with E-state index in [0.29, 0.717) is 6.42 Å². The van der Waals surface area contributed by atoms with Crippen LogP contribution in [0.3, 0.4) is 0 Å². The Morgan fingerprint density at radius 2 is 1.73 bits per heavy atom. The van der Waals surface area contributed by atoms with Crippen LogP contribution in [0.25, 0.3) is 11.1 Å². The maximum atomic E-state index is 13.2. The fourth-order valence-electron chi connectivity index (χ4n) is 3.41. The molecule has 1 aliphatic rings. The van der Waals surface area contributed by atoms with E-state index in [1.54, 1.807) is 0 Å². The Labute approximate surface area is 129 Å². The van der Waals surface area contributed by atoms with Gasteiger partial charge in [0.2, 0.25) is 0 Å². The standard InChI is InChI=1S/C19H19F3/c1-2-6-15(19(20,21)22)11-13-8-5-10-17-16-9-4-3-7-14(16)12-18(13)17/h3-5,7-10,15H,2,6,11-12H2,1H3. The number of rotatable bonds is 4. The van der Waals surface area contributed by atoms with Gasteiger partial charge in [0, 0.05) is 0 Å². The summed E-state index contributed by atoms with van der Waals surface area (Å²) < 4.78 is 39.6. The molecular formula is C19H19F3. The van der Waals surface area contributed by atoms with Crippen LogP contribution in [0.15, 0.2) is 42.5 Å².